The monoisotopic (exact) mass is 309 g/mol. The standard InChI is InChI=1S/C19H20FN3/c20-17-7-2-1-6-16(17)19-9-5-11-22(19)13-10-15-14-21-23-12-4-3-8-18(15)23/h1-4,6-8,12,14,19H,5,9-11,13H2/t19-/m0/s1. The van der Waals surface area contributed by atoms with Crippen LogP contribution in [-0.2, 0) is 6.42 Å². The van der Waals surface area contributed by atoms with Crippen LogP contribution in [0.5, 0.6) is 0 Å². The molecule has 0 bridgehead atoms. The Balaban J connectivity index is 1.51. The zero-order chi connectivity index (χ0) is 15.6. The molecule has 1 aromatic carbocycles. The van der Waals surface area contributed by atoms with Crippen molar-refractivity contribution in [2.75, 3.05) is 13.1 Å². The maximum Gasteiger partial charge on any atom is 0.127 e. The van der Waals surface area contributed by atoms with E-state index in [0.717, 1.165) is 43.4 Å². The number of pyridine rings is 1. The van der Waals surface area contributed by atoms with Gasteiger partial charge in [0.1, 0.15) is 5.82 Å². The maximum absolute atomic E-state index is 14.1. The van der Waals surface area contributed by atoms with Gasteiger partial charge in [0.15, 0.2) is 0 Å². The number of hydrogen-bond donors (Lipinski definition) is 0. The van der Waals surface area contributed by atoms with Gasteiger partial charge in [0, 0.05) is 24.3 Å². The molecular weight excluding hydrogens is 289 g/mol. The van der Waals surface area contributed by atoms with Gasteiger partial charge in [-0.25, -0.2) is 8.91 Å². The Bertz CT molecular complexity index is 811. The molecule has 0 unspecified atom stereocenters. The summed E-state index contributed by atoms with van der Waals surface area (Å²) in [5, 5.41) is 4.39. The van der Waals surface area contributed by atoms with Crippen LogP contribution >= 0.6 is 0 Å². The van der Waals surface area contributed by atoms with Gasteiger partial charge in [0.05, 0.1) is 11.7 Å². The third kappa shape index (κ3) is 2.75. The Morgan fingerprint density at radius 1 is 1.13 bits per heavy atom. The van der Waals surface area contributed by atoms with Crippen LogP contribution in [0.3, 0.4) is 0 Å². The molecule has 0 N–H and O–H groups in total. The summed E-state index contributed by atoms with van der Waals surface area (Å²) in [7, 11) is 0. The molecule has 118 valence electrons. The number of likely N-dealkylation sites (tertiary alicyclic amines) is 1. The van der Waals surface area contributed by atoms with Crippen molar-refractivity contribution >= 4 is 5.52 Å². The Morgan fingerprint density at radius 3 is 2.91 bits per heavy atom. The Morgan fingerprint density at radius 2 is 2.00 bits per heavy atom. The van der Waals surface area contributed by atoms with Crippen molar-refractivity contribution in [1.82, 2.24) is 14.5 Å². The van der Waals surface area contributed by atoms with Gasteiger partial charge >= 0.3 is 0 Å². The third-order valence-electron chi connectivity index (χ3n) is 4.80. The fraction of sp³-hybridized carbons (Fsp3) is 0.316. The minimum absolute atomic E-state index is 0.0830. The van der Waals surface area contributed by atoms with Crippen LogP contribution in [0.1, 0.15) is 30.0 Å². The number of fused-ring (bicyclic) bond motifs is 1. The van der Waals surface area contributed by atoms with E-state index in [-0.39, 0.29) is 11.9 Å². The minimum atomic E-state index is -0.0830. The molecule has 3 heterocycles. The van der Waals surface area contributed by atoms with Crippen molar-refractivity contribution in [1.29, 1.82) is 0 Å². The molecule has 0 aliphatic carbocycles. The van der Waals surface area contributed by atoms with E-state index in [4.69, 9.17) is 0 Å². The molecule has 0 amide bonds. The summed E-state index contributed by atoms with van der Waals surface area (Å²) in [6.07, 6.45) is 7.03. The Kier molecular flexibility index (Phi) is 3.83. The second-order valence-electron chi connectivity index (χ2n) is 6.17. The van der Waals surface area contributed by atoms with E-state index in [0.29, 0.717) is 0 Å². The van der Waals surface area contributed by atoms with Crippen molar-refractivity contribution in [3.8, 4) is 0 Å². The van der Waals surface area contributed by atoms with E-state index < -0.39 is 0 Å². The highest BCUT2D eigenvalue weighted by atomic mass is 19.1. The van der Waals surface area contributed by atoms with Crippen molar-refractivity contribution in [2.45, 2.75) is 25.3 Å². The summed E-state index contributed by atoms with van der Waals surface area (Å²) in [5.41, 5.74) is 3.25. The fourth-order valence-electron chi connectivity index (χ4n) is 3.64. The normalized spacial score (nSPS) is 18.7. The van der Waals surface area contributed by atoms with Crippen molar-refractivity contribution in [3.63, 3.8) is 0 Å². The molecule has 1 aliphatic heterocycles. The predicted octanol–water partition coefficient (Wildman–Crippen LogP) is 3.85. The lowest BCUT2D eigenvalue weighted by atomic mass is 10.0. The van der Waals surface area contributed by atoms with Gasteiger partial charge in [-0.2, -0.15) is 5.10 Å². The van der Waals surface area contributed by atoms with Gasteiger partial charge in [-0.05, 0) is 49.6 Å². The smallest absolute Gasteiger partial charge is 0.127 e. The number of hydrogen-bond acceptors (Lipinski definition) is 2. The van der Waals surface area contributed by atoms with E-state index in [9.17, 15) is 4.39 Å². The molecule has 0 spiro atoms. The molecule has 2 aromatic heterocycles. The maximum atomic E-state index is 14.1. The molecule has 0 saturated carbocycles. The summed E-state index contributed by atoms with van der Waals surface area (Å²) < 4.78 is 16.0. The number of rotatable bonds is 4. The van der Waals surface area contributed by atoms with Gasteiger partial charge in [-0.3, -0.25) is 4.90 Å². The highest BCUT2D eigenvalue weighted by Crippen LogP contribution is 2.33. The van der Waals surface area contributed by atoms with Gasteiger partial charge in [-0.15, -0.1) is 0 Å². The first-order valence-corrected chi connectivity index (χ1v) is 8.22. The van der Waals surface area contributed by atoms with E-state index >= 15 is 0 Å². The average molecular weight is 309 g/mol. The largest absolute Gasteiger partial charge is 0.296 e. The minimum Gasteiger partial charge on any atom is -0.296 e. The number of aromatic nitrogens is 2. The Labute approximate surface area is 135 Å². The van der Waals surface area contributed by atoms with Crippen LogP contribution in [0.15, 0.2) is 54.9 Å². The first kappa shape index (κ1) is 14.4. The van der Waals surface area contributed by atoms with Crippen LogP contribution in [0.2, 0.25) is 0 Å². The number of halogens is 1. The zero-order valence-corrected chi connectivity index (χ0v) is 13.0. The SMILES string of the molecule is Fc1ccccc1[C@@H]1CCCN1CCc1cnn2ccccc12. The summed E-state index contributed by atoms with van der Waals surface area (Å²) in [6.45, 7) is 1.98. The lowest BCUT2D eigenvalue weighted by molar-refractivity contribution is 0.256. The molecular formula is C19H20FN3. The molecule has 1 aliphatic rings. The lowest BCUT2D eigenvalue weighted by Gasteiger charge is -2.25. The number of nitrogens with zero attached hydrogens (tertiary/aromatic N) is 3. The van der Waals surface area contributed by atoms with Crippen LogP contribution in [0, 0.1) is 5.82 Å². The summed E-state index contributed by atoms with van der Waals surface area (Å²) in [4.78, 5) is 2.41. The summed E-state index contributed by atoms with van der Waals surface area (Å²) >= 11 is 0. The van der Waals surface area contributed by atoms with Crippen LogP contribution in [0.25, 0.3) is 5.52 Å². The molecule has 1 atom stereocenters. The highest BCUT2D eigenvalue weighted by molar-refractivity contribution is 5.53. The molecule has 4 heteroatoms. The third-order valence-corrected chi connectivity index (χ3v) is 4.80. The van der Waals surface area contributed by atoms with Gasteiger partial charge in [0.2, 0.25) is 0 Å². The van der Waals surface area contributed by atoms with Gasteiger partial charge in [0.25, 0.3) is 0 Å². The summed E-state index contributed by atoms with van der Waals surface area (Å²) in [5.74, 6) is -0.0830. The van der Waals surface area contributed by atoms with E-state index in [1.807, 2.05) is 41.2 Å². The van der Waals surface area contributed by atoms with E-state index in [1.165, 1.54) is 5.56 Å². The molecule has 1 fully saturated rings. The number of benzene rings is 1. The first-order valence-electron chi connectivity index (χ1n) is 8.22. The van der Waals surface area contributed by atoms with Crippen LogP contribution < -0.4 is 0 Å². The molecule has 3 nitrogen and oxygen atoms in total. The molecule has 0 radical (unpaired) electrons. The molecule has 4 rings (SSSR count). The van der Waals surface area contributed by atoms with E-state index in [1.54, 1.807) is 12.1 Å². The van der Waals surface area contributed by atoms with Crippen LogP contribution in [-0.4, -0.2) is 27.6 Å². The summed E-state index contributed by atoms with van der Waals surface area (Å²) in [6, 6.07) is 13.5. The fourth-order valence-corrected chi connectivity index (χ4v) is 3.64. The first-order chi connectivity index (χ1) is 11.3. The zero-order valence-electron chi connectivity index (χ0n) is 13.0. The van der Waals surface area contributed by atoms with E-state index in [2.05, 4.69) is 16.1 Å². The molecule has 1 saturated heterocycles. The second kappa shape index (κ2) is 6.13. The second-order valence-corrected chi connectivity index (χ2v) is 6.17. The quantitative estimate of drug-likeness (QED) is 0.729. The van der Waals surface area contributed by atoms with Gasteiger partial charge in [-0.1, -0.05) is 24.3 Å². The Hall–Kier alpha value is -2.20. The predicted molar refractivity (Wildman–Crippen MR) is 88.8 cm³/mol. The molecule has 3 aromatic rings. The van der Waals surface area contributed by atoms with Gasteiger partial charge < -0.3 is 0 Å². The van der Waals surface area contributed by atoms with Crippen molar-refractivity contribution in [2.24, 2.45) is 0 Å². The highest BCUT2D eigenvalue weighted by Gasteiger charge is 2.27. The average Bonchev–Trinajstić information content (AvgIpc) is 3.20. The van der Waals surface area contributed by atoms with Crippen molar-refractivity contribution < 1.29 is 4.39 Å². The topological polar surface area (TPSA) is 20.5 Å². The van der Waals surface area contributed by atoms with Crippen LogP contribution in [0.4, 0.5) is 4.39 Å². The molecule has 23 heavy (non-hydrogen) atoms. The lowest BCUT2D eigenvalue weighted by Crippen LogP contribution is -2.26. The van der Waals surface area contributed by atoms with Crippen molar-refractivity contribution in [3.05, 3.63) is 71.8 Å².